The fourth-order valence-corrected chi connectivity index (χ4v) is 5.19. The Morgan fingerprint density at radius 2 is 2.09 bits per heavy atom. The van der Waals surface area contributed by atoms with E-state index in [2.05, 4.69) is 15.3 Å². The minimum atomic E-state index is -0.0535. The molecule has 0 radical (unpaired) electrons. The molecule has 0 bridgehead atoms. The number of hydrogen-bond acceptors (Lipinski definition) is 4. The zero-order valence-electron chi connectivity index (χ0n) is 18.1. The highest BCUT2D eigenvalue weighted by atomic mass is 32.1. The van der Waals surface area contributed by atoms with Crippen molar-refractivity contribution in [2.45, 2.75) is 33.4 Å². The van der Waals surface area contributed by atoms with E-state index < -0.39 is 0 Å². The van der Waals surface area contributed by atoms with Crippen LogP contribution in [0.15, 0.2) is 48.1 Å². The number of fused-ring (bicyclic) bond motifs is 2. The van der Waals surface area contributed by atoms with Crippen LogP contribution in [-0.2, 0) is 19.5 Å². The summed E-state index contributed by atoms with van der Waals surface area (Å²) in [6.07, 6.45) is 4.50. The zero-order chi connectivity index (χ0) is 22.2. The van der Waals surface area contributed by atoms with E-state index in [9.17, 15) is 9.59 Å². The second-order valence-electron chi connectivity index (χ2n) is 8.20. The number of thiophene rings is 1. The normalized spacial score (nSPS) is 13.2. The van der Waals surface area contributed by atoms with Gasteiger partial charge in [-0.05, 0) is 78.2 Å². The van der Waals surface area contributed by atoms with Gasteiger partial charge in [0.05, 0.1) is 4.88 Å². The summed E-state index contributed by atoms with van der Waals surface area (Å²) in [5, 5.41) is 6.02. The Morgan fingerprint density at radius 3 is 2.91 bits per heavy atom. The second-order valence-corrected chi connectivity index (χ2v) is 9.11. The molecule has 1 aromatic carbocycles. The SMILES string of the molecule is Cc1ccsc1C(=O)NCc1c(C)ncc2c1CCN(C(=O)c1ccc3[nH]ccc3c1)C2. The highest BCUT2D eigenvalue weighted by Crippen LogP contribution is 2.26. The average molecular weight is 445 g/mol. The fourth-order valence-electron chi connectivity index (χ4n) is 4.35. The molecule has 0 saturated carbocycles. The highest BCUT2D eigenvalue weighted by molar-refractivity contribution is 7.12. The lowest BCUT2D eigenvalue weighted by Crippen LogP contribution is -2.37. The minimum Gasteiger partial charge on any atom is -0.361 e. The summed E-state index contributed by atoms with van der Waals surface area (Å²) in [5.74, 6) is -0.0235. The van der Waals surface area contributed by atoms with Crippen LogP contribution in [0.4, 0.5) is 0 Å². The van der Waals surface area contributed by atoms with Crippen molar-refractivity contribution in [3.8, 4) is 0 Å². The molecular formula is C25H24N4O2S. The minimum absolute atomic E-state index is 0.0300. The first kappa shape index (κ1) is 20.5. The van der Waals surface area contributed by atoms with Crippen molar-refractivity contribution in [3.05, 3.63) is 86.5 Å². The van der Waals surface area contributed by atoms with Gasteiger partial charge in [-0.3, -0.25) is 14.6 Å². The van der Waals surface area contributed by atoms with E-state index >= 15 is 0 Å². The molecule has 0 saturated heterocycles. The monoisotopic (exact) mass is 444 g/mol. The molecule has 4 aromatic rings. The second kappa shape index (κ2) is 8.24. The zero-order valence-corrected chi connectivity index (χ0v) is 18.9. The van der Waals surface area contributed by atoms with Crippen LogP contribution in [0.25, 0.3) is 10.9 Å². The van der Waals surface area contributed by atoms with E-state index in [1.807, 2.05) is 66.9 Å². The van der Waals surface area contributed by atoms with Gasteiger partial charge in [-0.15, -0.1) is 11.3 Å². The first-order chi connectivity index (χ1) is 15.5. The van der Waals surface area contributed by atoms with Gasteiger partial charge in [-0.2, -0.15) is 0 Å². The number of nitrogens with zero attached hydrogens (tertiary/aromatic N) is 2. The predicted octanol–water partition coefficient (Wildman–Crippen LogP) is 4.37. The van der Waals surface area contributed by atoms with Gasteiger partial charge in [0, 0.05) is 54.2 Å². The maximum absolute atomic E-state index is 13.1. The Bertz CT molecular complexity index is 1340. The van der Waals surface area contributed by atoms with Crippen LogP contribution in [0.5, 0.6) is 0 Å². The van der Waals surface area contributed by atoms with Gasteiger partial charge in [0.25, 0.3) is 11.8 Å². The Balaban J connectivity index is 1.34. The molecule has 1 aliphatic rings. The smallest absolute Gasteiger partial charge is 0.261 e. The van der Waals surface area contributed by atoms with Gasteiger partial charge in [0.15, 0.2) is 0 Å². The molecule has 2 amide bonds. The topological polar surface area (TPSA) is 78.1 Å². The van der Waals surface area contributed by atoms with Crippen molar-refractivity contribution in [2.24, 2.45) is 0 Å². The molecule has 0 fully saturated rings. The molecule has 0 aliphatic carbocycles. The molecule has 3 aromatic heterocycles. The molecule has 2 N–H and O–H groups in total. The largest absolute Gasteiger partial charge is 0.361 e. The van der Waals surface area contributed by atoms with Crippen LogP contribution in [0.2, 0.25) is 0 Å². The molecule has 0 unspecified atom stereocenters. The molecule has 5 rings (SSSR count). The number of nitrogens with one attached hydrogen (secondary N) is 2. The van der Waals surface area contributed by atoms with Gasteiger partial charge < -0.3 is 15.2 Å². The lowest BCUT2D eigenvalue weighted by atomic mass is 9.94. The third kappa shape index (κ3) is 3.69. The van der Waals surface area contributed by atoms with Crippen molar-refractivity contribution < 1.29 is 9.59 Å². The van der Waals surface area contributed by atoms with Gasteiger partial charge in [-0.25, -0.2) is 0 Å². The van der Waals surface area contributed by atoms with Crippen molar-refractivity contribution in [1.82, 2.24) is 20.2 Å². The van der Waals surface area contributed by atoms with E-state index in [4.69, 9.17) is 0 Å². The summed E-state index contributed by atoms with van der Waals surface area (Å²) in [6, 6.07) is 9.68. The van der Waals surface area contributed by atoms with Crippen molar-refractivity contribution in [1.29, 1.82) is 0 Å². The first-order valence-corrected chi connectivity index (χ1v) is 11.5. The Labute approximate surface area is 190 Å². The molecule has 4 heterocycles. The first-order valence-electron chi connectivity index (χ1n) is 10.7. The number of carbonyl (C=O) groups is 2. The standard InChI is InChI=1S/C25H24N4O2S/c1-15-7-10-32-23(15)24(30)28-13-21-16(2)27-12-19-14-29(9-6-20(19)21)25(31)18-3-4-22-17(11-18)5-8-26-22/h3-5,7-8,10-12,26H,6,9,13-14H2,1-2H3,(H,28,30). The summed E-state index contributed by atoms with van der Waals surface area (Å²) < 4.78 is 0. The van der Waals surface area contributed by atoms with Gasteiger partial charge in [0.1, 0.15) is 0 Å². The van der Waals surface area contributed by atoms with Gasteiger partial charge in [-0.1, -0.05) is 0 Å². The molecule has 1 aliphatic heterocycles. The van der Waals surface area contributed by atoms with E-state index in [-0.39, 0.29) is 11.8 Å². The summed E-state index contributed by atoms with van der Waals surface area (Å²) in [7, 11) is 0. The van der Waals surface area contributed by atoms with Gasteiger partial charge >= 0.3 is 0 Å². The number of benzene rings is 1. The van der Waals surface area contributed by atoms with Gasteiger partial charge in [0.2, 0.25) is 0 Å². The van der Waals surface area contributed by atoms with E-state index in [0.29, 0.717) is 25.2 Å². The molecule has 6 nitrogen and oxygen atoms in total. The number of aryl methyl sites for hydroxylation is 2. The number of H-pyrrole nitrogens is 1. The number of aromatic amines is 1. The summed E-state index contributed by atoms with van der Waals surface area (Å²) in [5.41, 5.74) is 6.94. The van der Waals surface area contributed by atoms with Crippen LogP contribution in [-0.4, -0.2) is 33.2 Å². The Kier molecular flexibility index (Phi) is 5.27. The van der Waals surface area contributed by atoms with Crippen LogP contribution < -0.4 is 5.32 Å². The molecule has 0 atom stereocenters. The van der Waals surface area contributed by atoms with Crippen molar-refractivity contribution >= 4 is 34.1 Å². The van der Waals surface area contributed by atoms with E-state index in [0.717, 1.165) is 44.6 Å². The Hall–Kier alpha value is -3.45. The lowest BCUT2D eigenvalue weighted by Gasteiger charge is -2.30. The van der Waals surface area contributed by atoms with E-state index in [1.54, 1.807) is 0 Å². The molecule has 162 valence electrons. The maximum Gasteiger partial charge on any atom is 0.261 e. The highest BCUT2D eigenvalue weighted by Gasteiger charge is 2.25. The molecule has 0 spiro atoms. The number of rotatable bonds is 4. The summed E-state index contributed by atoms with van der Waals surface area (Å²) in [4.78, 5) is 36.1. The number of pyridine rings is 1. The number of aromatic nitrogens is 2. The third-order valence-electron chi connectivity index (χ3n) is 6.18. The fraction of sp³-hybridized carbons (Fsp3) is 0.240. The number of hydrogen-bond donors (Lipinski definition) is 2. The molecular weight excluding hydrogens is 420 g/mol. The Morgan fingerprint density at radius 1 is 1.22 bits per heavy atom. The average Bonchev–Trinajstić information content (AvgIpc) is 3.45. The lowest BCUT2D eigenvalue weighted by molar-refractivity contribution is 0.0734. The van der Waals surface area contributed by atoms with Crippen LogP contribution in [0.1, 0.15) is 48.0 Å². The van der Waals surface area contributed by atoms with Crippen LogP contribution in [0, 0.1) is 13.8 Å². The predicted molar refractivity (Wildman–Crippen MR) is 126 cm³/mol. The van der Waals surface area contributed by atoms with Crippen LogP contribution in [0.3, 0.4) is 0 Å². The van der Waals surface area contributed by atoms with Crippen molar-refractivity contribution in [3.63, 3.8) is 0 Å². The number of carbonyl (C=O) groups excluding carboxylic acids is 2. The quantitative estimate of drug-likeness (QED) is 0.491. The van der Waals surface area contributed by atoms with E-state index in [1.165, 1.54) is 16.9 Å². The summed E-state index contributed by atoms with van der Waals surface area (Å²) in [6.45, 7) is 5.53. The van der Waals surface area contributed by atoms with Crippen molar-refractivity contribution in [2.75, 3.05) is 6.54 Å². The summed E-state index contributed by atoms with van der Waals surface area (Å²) >= 11 is 1.45. The third-order valence-corrected chi connectivity index (χ3v) is 7.19. The number of amides is 2. The van der Waals surface area contributed by atoms with Crippen LogP contribution >= 0.6 is 11.3 Å². The maximum atomic E-state index is 13.1. The molecule has 32 heavy (non-hydrogen) atoms. The molecule has 7 heteroatoms.